The van der Waals surface area contributed by atoms with Crippen molar-refractivity contribution in [2.75, 3.05) is 13.1 Å². The van der Waals surface area contributed by atoms with Crippen LogP contribution in [0.3, 0.4) is 0 Å². The zero-order valence-electron chi connectivity index (χ0n) is 9.84. The van der Waals surface area contributed by atoms with Crippen molar-refractivity contribution in [2.45, 2.75) is 6.92 Å². The van der Waals surface area contributed by atoms with Gasteiger partial charge in [-0.15, -0.1) is 0 Å². The summed E-state index contributed by atoms with van der Waals surface area (Å²) in [4.78, 5) is 28.0. The van der Waals surface area contributed by atoms with Crippen molar-refractivity contribution >= 4 is 11.9 Å². The molecule has 1 fully saturated rings. The van der Waals surface area contributed by atoms with Gasteiger partial charge in [0.2, 0.25) is 0 Å². The van der Waals surface area contributed by atoms with E-state index < -0.39 is 23.6 Å². The third-order valence-corrected chi connectivity index (χ3v) is 3.22. The number of carboxylic acid groups (broad SMARTS) is 1. The summed E-state index contributed by atoms with van der Waals surface area (Å²) in [6.45, 7) is 2.23. The van der Waals surface area contributed by atoms with Gasteiger partial charge < -0.3 is 10.0 Å². The highest BCUT2D eigenvalue weighted by atomic mass is 19.1. The molecule has 1 N–H and O–H groups in total. The summed E-state index contributed by atoms with van der Waals surface area (Å²) >= 11 is 0. The third-order valence-electron chi connectivity index (χ3n) is 3.22. The van der Waals surface area contributed by atoms with Crippen LogP contribution in [-0.4, -0.2) is 40.0 Å². The Hall–Kier alpha value is -1.98. The molecular weight excluding hydrogens is 239 g/mol. The number of rotatable bonds is 2. The number of likely N-dealkylation sites (tertiary alicyclic amines) is 1. The second-order valence-corrected chi connectivity index (χ2v) is 4.49. The van der Waals surface area contributed by atoms with Gasteiger partial charge >= 0.3 is 5.97 Å². The van der Waals surface area contributed by atoms with Gasteiger partial charge in [0, 0.05) is 19.3 Å². The first-order valence-corrected chi connectivity index (χ1v) is 5.62. The normalized spacial score (nSPS) is 23.1. The Labute approximate surface area is 103 Å². The van der Waals surface area contributed by atoms with Crippen LogP contribution < -0.4 is 0 Å². The van der Waals surface area contributed by atoms with Crippen LogP contribution in [0.15, 0.2) is 18.5 Å². The molecule has 2 atom stereocenters. The van der Waals surface area contributed by atoms with E-state index in [0.29, 0.717) is 6.54 Å². The van der Waals surface area contributed by atoms with Crippen molar-refractivity contribution in [3.05, 3.63) is 29.8 Å². The predicted molar refractivity (Wildman–Crippen MR) is 60.4 cm³/mol. The second-order valence-electron chi connectivity index (χ2n) is 4.49. The van der Waals surface area contributed by atoms with Crippen molar-refractivity contribution < 1.29 is 19.1 Å². The molecule has 0 aliphatic carbocycles. The molecule has 2 rings (SSSR count). The molecule has 2 heterocycles. The van der Waals surface area contributed by atoms with E-state index in [0.717, 1.165) is 6.20 Å². The van der Waals surface area contributed by atoms with Crippen LogP contribution in [0.25, 0.3) is 0 Å². The first-order chi connectivity index (χ1) is 8.50. The number of carboxylic acids is 1. The Bertz CT molecular complexity index is 492. The maximum atomic E-state index is 13.4. The summed E-state index contributed by atoms with van der Waals surface area (Å²) in [5.41, 5.74) is -0.0664. The average molecular weight is 252 g/mol. The van der Waals surface area contributed by atoms with Gasteiger partial charge in [-0.05, 0) is 12.0 Å². The molecule has 6 heteroatoms. The van der Waals surface area contributed by atoms with Crippen molar-refractivity contribution in [1.82, 2.24) is 9.88 Å². The van der Waals surface area contributed by atoms with Gasteiger partial charge in [0.25, 0.3) is 5.91 Å². The van der Waals surface area contributed by atoms with E-state index in [9.17, 15) is 14.0 Å². The number of carbonyl (C=O) groups is 2. The van der Waals surface area contributed by atoms with Gasteiger partial charge in [0.15, 0.2) is 5.82 Å². The van der Waals surface area contributed by atoms with Gasteiger partial charge in [0.05, 0.1) is 17.7 Å². The number of amides is 1. The maximum Gasteiger partial charge on any atom is 0.308 e. The van der Waals surface area contributed by atoms with E-state index in [1.807, 2.05) is 0 Å². The van der Waals surface area contributed by atoms with Crippen LogP contribution in [0, 0.1) is 17.7 Å². The molecule has 1 saturated heterocycles. The summed E-state index contributed by atoms with van der Waals surface area (Å²) in [5.74, 6) is -2.80. The summed E-state index contributed by atoms with van der Waals surface area (Å²) in [7, 11) is 0. The van der Waals surface area contributed by atoms with Gasteiger partial charge in [0.1, 0.15) is 0 Å². The van der Waals surface area contributed by atoms with E-state index >= 15 is 0 Å². The molecule has 1 amide bonds. The molecule has 1 aromatic rings. The third kappa shape index (κ3) is 2.18. The van der Waals surface area contributed by atoms with Gasteiger partial charge in [-0.1, -0.05) is 6.92 Å². The average Bonchev–Trinajstić information content (AvgIpc) is 2.71. The second kappa shape index (κ2) is 4.72. The van der Waals surface area contributed by atoms with Crippen molar-refractivity contribution in [1.29, 1.82) is 0 Å². The highest BCUT2D eigenvalue weighted by Crippen LogP contribution is 2.25. The number of pyridine rings is 1. The number of halogens is 1. The Morgan fingerprint density at radius 1 is 1.50 bits per heavy atom. The largest absolute Gasteiger partial charge is 0.481 e. The van der Waals surface area contributed by atoms with E-state index in [-0.39, 0.29) is 18.0 Å². The highest BCUT2D eigenvalue weighted by molar-refractivity contribution is 5.95. The van der Waals surface area contributed by atoms with E-state index in [2.05, 4.69) is 4.98 Å². The molecule has 0 unspecified atom stereocenters. The fraction of sp³-hybridized carbons (Fsp3) is 0.417. The Morgan fingerprint density at radius 3 is 2.78 bits per heavy atom. The number of hydrogen-bond donors (Lipinski definition) is 1. The van der Waals surface area contributed by atoms with Crippen molar-refractivity contribution in [3.8, 4) is 0 Å². The number of aromatic nitrogens is 1. The van der Waals surface area contributed by atoms with Crippen LogP contribution in [-0.2, 0) is 4.79 Å². The lowest BCUT2D eigenvalue weighted by molar-refractivity contribution is -0.142. The van der Waals surface area contributed by atoms with E-state index in [4.69, 9.17) is 5.11 Å². The van der Waals surface area contributed by atoms with Crippen LogP contribution in [0.2, 0.25) is 0 Å². The van der Waals surface area contributed by atoms with E-state index in [1.54, 1.807) is 6.92 Å². The van der Waals surface area contributed by atoms with Gasteiger partial charge in [-0.2, -0.15) is 0 Å². The number of hydrogen-bond acceptors (Lipinski definition) is 3. The molecular formula is C12H13FN2O3. The predicted octanol–water partition coefficient (Wildman–Crippen LogP) is 1.01. The first kappa shape index (κ1) is 12.5. The van der Waals surface area contributed by atoms with E-state index in [1.165, 1.54) is 17.2 Å². The molecule has 0 saturated carbocycles. The minimum atomic E-state index is -0.923. The molecule has 5 nitrogen and oxygen atoms in total. The first-order valence-electron chi connectivity index (χ1n) is 5.62. The van der Waals surface area contributed by atoms with Crippen LogP contribution in [0.4, 0.5) is 4.39 Å². The summed E-state index contributed by atoms with van der Waals surface area (Å²) in [5, 5.41) is 8.99. The standard InChI is InChI=1S/C12H13FN2O3/c1-7-5-15(6-9(7)12(17)18)11(16)8-2-3-14-4-10(8)13/h2-4,7,9H,5-6H2,1H3,(H,17,18)/t7-,9-/m1/s1. The van der Waals surface area contributed by atoms with Crippen molar-refractivity contribution in [2.24, 2.45) is 11.8 Å². The summed E-state index contributed by atoms with van der Waals surface area (Å²) in [6, 6.07) is 1.30. The fourth-order valence-electron chi connectivity index (χ4n) is 2.17. The quantitative estimate of drug-likeness (QED) is 0.852. The lowest BCUT2D eigenvalue weighted by Gasteiger charge is -2.16. The molecule has 0 spiro atoms. The van der Waals surface area contributed by atoms with Gasteiger partial charge in [-0.3, -0.25) is 14.6 Å². The zero-order chi connectivity index (χ0) is 13.3. The minimum absolute atomic E-state index is 0.0664. The topological polar surface area (TPSA) is 70.5 Å². The zero-order valence-corrected chi connectivity index (χ0v) is 9.84. The van der Waals surface area contributed by atoms with Crippen LogP contribution >= 0.6 is 0 Å². The minimum Gasteiger partial charge on any atom is -0.481 e. The Balaban J connectivity index is 2.17. The van der Waals surface area contributed by atoms with Gasteiger partial charge in [-0.25, -0.2) is 4.39 Å². The number of carbonyl (C=O) groups excluding carboxylic acids is 1. The molecule has 1 aliphatic heterocycles. The Morgan fingerprint density at radius 2 is 2.22 bits per heavy atom. The Kier molecular flexibility index (Phi) is 3.27. The molecule has 1 aliphatic rings. The monoisotopic (exact) mass is 252 g/mol. The molecule has 0 radical (unpaired) electrons. The molecule has 0 bridgehead atoms. The number of nitrogens with zero attached hydrogens (tertiary/aromatic N) is 2. The lowest BCUT2D eigenvalue weighted by Crippen LogP contribution is -2.30. The number of aliphatic carboxylic acids is 1. The highest BCUT2D eigenvalue weighted by Gasteiger charge is 2.37. The van der Waals surface area contributed by atoms with Crippen LogP contribution in [0.1, 0.15) is 17.3 Å². The van der Waals surface area contributed by atoms with Crippen LogP contribution in [0.5, 0.6) is 0 Å². The fourth-order valence-corrected chi connectivity index (χ4v) is 2.17. The summed E-state index contributed by atoms with van der Waals surface area (Å²) in [6.07, 6.45) is 2.31. The smallest absolute Gasteiger partial charge is 0.308 e. The molecule has 96 valence electrons. The molecule has 18 heavy (non-hydrogen) atoms. The lowest BCUT2D eigenvalue weighted by atomic mass is 9.99. The SMILES string of the molecule is C[C@@H]1CN(C(=O)c2ccncc2F)C[C@H]1C(=O)O. The maximum absolute atomic E-state index is 13.4. The molecule has 1 aromatic heterocycles. The van der Waals surface area contributed by atoms with Crippen molar-refractivity contribution in [3.63, 3.8) is 0 Å². The summed E-state index contributed by atoms with van der Waals surface area (Å²) < 4.78 is 13.4. The molecule has 0 aromatic carbocycles.